The second kappa shape index (κ2) is 6.02. The fourth-order valence-electron chi connectivity index (χ4n) is 1.73. The van der Waals surface area contributed by atoms with Crippen LogP contribution in [0.1, 0.15) is 19.8 Å². The molecule has 0 amide bonds. The summed E-state index contributed by atoms with van der Waals surface area (Å²) in [6.07, 6.45) is 2.54. The predicted molar refractivity (Wildman–Crippen MR) is 74.5 cm³/mol. The minimum absolute atomic E-state index is 0.101. The van der Waals surface area contributed by atoms with Gasteiger partial charge >= 0.3 is 0 Å². The van der Waals surface area contributed by atoms with Crippen LogP contribution in [-0.4, -0.2) is 34.9 Å². The van der Waals surface area contributed by atoms with Crippen LogP contribution in [0.3, 0.4) is 0 Å². The molecule has 0 aliphatic heterocycles. The molecule has 0 saturated heterocycles. The molecule has 1 aromatic rings. The highest BCUT2D eigenvalue weighted by molar-refractivity contribution is 7.91. The van der Waals surface area contributed by atoms with Crippen LogP contribution in [0.2, 0.25) is 0 Å². The van der Waals surface area contributed by atoms with Gasteiger partial charge in [0.25, 0.3) is 0 Å². The van der Waals surface area contributed by atoms with Crippen LogP contribution in [0.15, 0.2) is 34.1 Å². The molecule has 0 spiro atoms. The Morgan fingerprint density at radius 3 is 1.95 bits per heavy atom. The maximum absolute atomic E-state index is 12.0. The molecule has 7 heteroatoms. The first-order valence-corrected chi connectivity index (χ1v) is 9.49. The van der Waals surface area contributed by atoms with Gasteiger partial charge in [0.15, 0.2) is 19.7 Å². The number of hydrogen-bond acceptors (Lipinski definition) is 5. The lowest BCUT2D eigenvalue weighted by Crippen LogP contribution is -2.29. The zero-order valence-electron chi connectivity index (χ0n) is 11.0. The summed E-state index contributed by atoms with van der Waals surface area (Å²) in [5, 5.41) is 0. The summed E-state index contributed by atoms with van der Waals surface area (Å²) in [6.45, 7) is 1.94. The molecular weight excluding hydrogens is 286 g/mol. The van der Waals surface area contributed by atoms with Crippen molar-refractivity contribution in [3.8, 4) is 0 Å². The third kappa shape index (κ3) is 4.59. The molecular formula is C12H19NO4S2. The zero-order chi connectivity index (χ0) is 14.7. The van der Waals surface area contributed by atoms with Gasteiger partial charge in [-0.1, -0.05) is 13.3 Å². The van der Waals surface area contributed by atoms with E-state index in [1.54, 1.807) is 0 Å². The van der Waals surface area contributed by atoms with Crippen LogP contribution in [0.4, 0.5) is 0 Å². The lowest BCUT2D eigenvalue weighted by atomic mass is 10.2. The van der Waals surface area contributed by atoms with E-state index in [0.29, 0.717) is 6.42 Å². The first-order valence-electron chi connectivity index (χ1n) is 5.95. The molecule has 5 nitrogen and oxygen atoms in total. The van der Waals surface area contributed by atoms with E-state index in [1.807, 2.05) is 6.92 Å². The van der Waals surface area contributed by atoms with Crippen molar-refractivity contribution in [1.82, 2.24) is 0 Å². The molecule has 1 rings (SSSR count). The second-order valence-electron chi connectivity index (χ2n) is 4.57. The van der Waals surface area contributed by atoms with Gasteiger partial charge in [0, 0.05) is 12.3 Å². The summed E-state index contributed by atoms with van der Waals surface area (Å²) in [5.41, 5.74) is 5.73. The molecule has 0 aliphatic carbocycles. The fourth-order valence-corrected chi connectivity index (χ4v) is 3.83. The minimum Gasteiger partial charge on any atom is -0.327 e. The summed E-state index contributed by atoms with van der Waals surface area (Å²) in [7, 11) is -6.78. The Balaban J connectivity index is 2.97. The van der Waals surface area contributed by atoms with Gasteiger partial charge in [-0.2, -0.15) is 0 Å². The van der Waals surface area contributed by atoms with E-state index in [0.717, 1.165) is 12.7 Å². The fraction of sp³-hybridized carbons (Fsp3) is 0.500. The SMILES string of the molecule is CCCC(N)CS(=O)(=O)c1ccc(S(C)(=O)=O)cc1. The number of nitrogens with two attached hydrogens (primary N) is 1. The van der Waals surface area contributed by atoms with Gasteiger partial charge in [0.1, 0.15) is 0 Å². The Hall–Kier alpha value is -0.920. The Kier molecular flexibility index (Phi) is 5.11. The average molecular weight is 305 g/mol. The summed E-state index contributed by atoms with van der Waals surface area (Å²) >= 11 is 0. The van der Waals surface area contributed by atoms with E-state index >= 15 is 0 Å². The molecule has 1 atom stereocenters. The number of rotatable bonds is 6. The van der Waals surface area contributed by atoms with Gasteiger partial charge in [0.05, 0.1) is 15.5 Å². The van der Waals surface area contributed by atoms with Crippen molar-refractivity contribution in [2.45, 2.75) is 35.6 Å². The summed E-state index contributed by atoms with van der Waals surface area (Å²) < 4.78 is 46.7. The molecule has 1 aromatic carbocycles. The summed E-state index contributed by atoms with van der Waals surface area (Å²) in [4.78, 5) is 0.204. The maximum atomic E-state index is 12.0. The molecule has 2 N–H and O–H groups in total. The highest BCUT2D eigenvalue weighted by atomic mass is 32.2. The van der Waals surface area contributed by atoms with Gasteiger partial charge < -0.3 is 5.73 Å². The van der Waals surface area contributed by atoms with E-state index in [2.05, 4.69) is 0 Å². The van der Waals surface area contributed by atoms with Gasteiger partial charge in [0.2, 0.25) is 0 Å². The second-order valence-corrected chi connectivity index (χ2v) is 8.62. The van der Waals surface area contributed by atoms with E-state index < -0.39 is 25.7 Å². The Morgan fingerprint density at radius 1 is 1.05 bits per heavy atom. The zero-order valence-corrected chi connectivity index (χ0v) is 12.7. The Labute approximate surface area is 114 Å². The predicted octanol–water partition coefficient (Wildman–Crippen LogP) is 0.991. The summed E-state index contributed by atoms with van der Waals surface area (Å²) in [6, 6.07) is 4.82. The quantitative estimate of drug-likeness (QED) is 0.846. The largest absolute Gasteiger partial charge is 0.327 e. The first kappa shape index (κ1) is 16.1. The summed E-state index contributed by atoms with van der Waals surface area (Å²) in [5.74, 6) is -0.126. The van der Waals surface area contributed by atoms with E-state index in [1.165, 1.54) is 24.3 Å². The van der Waals surface area contributed by atoms with Gasteiger partial charge in [-0.25, -0.2) is 16.8 Å². The van der Waals surface area contributed by atoms with Crippen molar-refractivity contribution in [2.24, 2.45) is 5.73 Å². The molecule has 19 heavy (non-hydrogen) atoms. The molecule has 0 fully saturated rings. The topological polar surface area (TPSA) is 94.3 Å². The molecule has 0 radical (unpaired) electrons. The Morgan fingerprint density at radius 2 is 1.53 bits per heavy atom. The van der Waals surface area contributed by atoms with E-state index in [4.69, 9.17) is 5.73 Å². The molecule has 1 unspecified atom stereocenters. The third-order valence-corrected chi connectivity index (χ3v) is 5.69. The first-order chi connectivity index (χ1) is 8.66. The normalized spacial score (nSPS) is 14.3. The van der Waals surface area contributed by atoms with Crippen molar-refractivity contribution in [1.29, 1.82) is 0 Å². The van der Waals surface area contributed by atoms with Crippen LogP contribution < -0.4 is 5.73 Å². The van der Waals surface area contributed by atoms with Crippen LogP contribution in [0.25, 0.3) is 0 Å². The van der Waals surface area contributed by atoms with Crippen LogP contribution in [-0.2, 0) is 19.7 Å². The van der Waals surface area contributed by atoms with Gasteiger partial charge in [-0.3, -0.25) is 0 Å². The van der Waals surface area contributed by atoms with Crippen molar-refractivity contribution in [2.75, 3.05) is 12.0 Å². The van der Waals surface area contributed by atoms with Crippen LogP contribution >= 0.6 is 0 Å². The lowest BCUT2D eigenvalue weighted by molar-refractivity contribution is 0.576. The van der Waals surface area contributed by atoms with Crippen molar-refractivity contribution >= 4 is 19.7 Å². The lowest BCUT2D eigenvalue weighted by Gasteiger charge is -2.11. The molecule has 0 aromatic heterocycles. The van der Waals surface area contributed by atoms with Crippen LogP contribution in [0.5, 0.6) is 0 Å². The van der Waals surface area contributed by atoms with E-state index in [9.17, 15) is 16.8 Å². The number of benzene rings is 1. The monoisotopic (exact) mass is 305 g/mol. The van der Waals surface area contributed by atoms with Crippen molar-refractivity contribution in [3.05, 3.63) is 24.3 Å². The molecule has 0 heterocycles. The number of sulfone groups is 2. The molecule has 0 aliphatic rings. The third-order valence-electron chi connectivity index (χ3n) is 2.70. The van der Waals surface area contributed by atoms with Gasteiger partial charge in [-0.05, 0) is 30.7 Å². The molecule has 108 valence electrons. The molecule has 0 bridgehead atoms. The maximum Gasteiger partial charge on any atom is 0.179 e. The Bertz CT molecular complexity index is 618. The van der Waals surface area contributed by atoms with Crippen LogP contribution in [0, 0.1) is 0 Å². The highest BCUT2D eigenvalue weighted by Gasteiger charge is 2.19. The number of hydrogen-bond donors (Lipinski definition) is 1. The highest BCUT2D eigenvalue weighted by Crippen LogP contribution is 2.16. The van der Waals surface area contributed by atoms with Crippen molar-refractivity contribution in [3.63, 3.8) is 0 Å². The standard InChI is InChI=1S/C12H19NO4S2/c1-3-4-10(13)9-19(16,17)12-7-5-11(6-8-12)18(2,14)15/h5-8,10H,3-4,9,13H2,1-2H3. The van der Waals surface area contributed by atoms with Gasteiger partial charge in [-0.15, -0.1) is 0 Å². The van der Waals surface area contributed by atoms with E-state index in [-0.39, 0.29) is 15.5 Å². The average Bonchev–Trinajstić information content (AvgIpc) is 2.27. The minimum atomic E-state index is -3.46. The van der Waals surface area contributed by atoms with Crippen molar-refractivity contribution < 1.29 is 16.8 Å². The smallest absolute Gasteiger partial charge is 0.179 e. The molecule has 0 saturated carbocycles.